The van der Waals surface area contributed by atoms with Crippen LogP contribution < -0.4 is 19.7 Å². The number of benzene rings is 2. The summed E-state index contributed by atoms with van der Waals surface area (Å²) in [6.45, 7) is 4.50. The van der Waals surface area contributed by atoms with E-state index < -0.39 is 0 Å². The van der Waals surface area contributed by atoms with Gasteiger partial charge in [0.15, 0.2) is 5.11 Å². The van der Waals surface area contributed by atoms with Gasteiger partial charge in [-0.2, -0.15) is 0 Å². The Hall–Kier alpha value is -3.84. The fourth-order valence-corrected chi connectivity index (χ4v) is 6.58. The molecule has 200 valence electrons. The van der Waals surface area contributed by atoms with Crippen LogP contribution in [0.3, 0.4) is 0 Å². The third-order valence-electron chi connectivity index (χ3n) is 8.04. The summed E-state index contributed by atoms with van der Waals surface area (Å²) < 4.78 is 13.9. The van der Waals surface area contributed by atoms with Crippen LogP contribution in [0.2, 0.25) is 0 Å². The zero-order valence-corrected chi connectivity index (χ0v) is 23.4. The topological polar surface area (TPSA) is 51.6 Å². The molecule has 1 aliphatic heterocycles. The van der Waals surface area contributed by atoms with Crippen molar-refractivity contribution in [2.45, 2.75) is 57.7 Å². The standard InChI is InChI=1S/C32H34N4O2S/c1-21-20-28(22(2)35(21)23-8-4-5-9-23)31-30(29-10-6-7-19-33-29)34-32(39)36(31)24-11-13-26(14-12-24)38-27-17-15-25(37-3)16-18-27/h6-7,10-20,23,30-31H,4-5,8-9H2,1-3H3,(H,34,39)/t30-,31-/m1/s1. The molecule has 2 aromatic heterocycles. The van der Waals surface area contributed by atoms with Crippen molar-refractivity contribution in [3.63, 3.8) is 0 Å². The lowest BCUT2D eigenvalue weighted by Gasteiger charge is -2.28. The number of pyridine rings is 1. The summed E-state index contributed by atoms with van der Waals surface area (Å²) >= 11 is 5.97. The van der Waals surface area contributed by atoms with E-state index in [1.165, 1.54) is 42.6 Å². The molecule has 1 saturated carbocycles. The van der Waals surface area contributed by atoms with E-state index in [1.807, 2.05) is 54.7 Å². The molecule has 1 saturated heterocycles. The van der Waals surface area contributed by atoms with Gasteiger partial charge in [0.2, 0.25) is 0 Å². The van der Waals surface area contributed by atoms with Crippen LogP contribution in [-0.2, 0) is 0 Å². The summed E-state index contributed by atoms with van der Waals surface area (Å²) in [6, 6.07) is 24.7. The maximum Gasteiger partial charge on any atom is 0.174 e. The van der Waals surface area contributed by atoms with Gasteiger partial charge in [-0.05, 0) is 111 Å². The molecule has 4 aromatic rings. The fourth-order valence-electron chi connectivity index (χ4n) is 6.23. The average molecular weight is 539 g/mol. The molecule has 0 amide bonds. The molecule has 39 heavy (non-hydrogen) atoms. The van der Waals surface area contributed by atoms with Gasteiger partial charge in [0.25, 0.3) is 0 Å². The Kier molecular flexibility index (Phi) is 7.00. The second-order valence-electron chi connectivity index (χ2n) is 10.4. The van der Waals surface area contributed by atoms with Gasteiger partial charge < -0.3 is 24.3 Å². The Morgan fingerprint density at radius 3 is 2.21 bits per heavy atom. The minimum absolute atomic E-state index is 0.0258. The van der Waals surface area contributed by atoms with E-state index in [4.69, 9.17) is 26.7 Å². The predicted octanol–water partition coefficient (Wildman–Crippen LogP) is 7.59. The number of nitrogens with zero attached hydrogens (tertiary/aromatic N) is 3. The molecule has 0 unspecified atom stereocenters. The molecular weight excluding hydrogens is 504 g/mol. The van der Waals surface area contributed by atoms with Crippen LogP contribution in [0.4, 0.5) is 5.69 Å². The van der Waals surface area contributed by atoms with E-state index >= 15 is 0 Å². The molecular formula is C32H34N4O2S. The van der Waals surface area contributed by atoms with Crippen LogP contribution in [0.15, 0.2) is 79.0 Å². The third kappa shape index (κ3) is 4.87. The van der Waals surface area contributed by atoms with Crippen molar-refractivity contribution in [2.75, 3.05) is 12.0 Å². The van der Waals surface area contributed by atoms with Crippen molar-refractivity contribution in [3.8, 4) is 17.2 Å². The molecule has 1 aliphatic carbocycles. The largest absolute Gasteiger partial charge is 0.497 e. The molecule has 0 spiro atoms. The summed E-state index contributed by atoms with van der Waals surface area (Å²) in [5.74, 6) is 2.32. The highest BCUT2D eigenvalue weighted by atomic mass is 32.1. The zero-order chi connectivity index (χ0) is 26.9. The molecule has 0 bridgehead atoms. The highest BCUT2D eigenvalue weighted by molar-refractivity contribution is 7.80. The predicted molar refractivity (Wildman–Crippen MR) is 159 cm³/mol. The molecule has 2 atom stereocenters. The number of ether oxygens (including phenoxy) is 2. The number of rotatable bonds is 7. The first-order valence-corrected chi connectivity index (χ1v) is 14.1. The normalized spacial score (nSPS) is 19.4. The fraction of sp³-hybridized carbons (Fsp3) is 0.312. The first-order valence-electron chi connectivity index (χ1n) is 13.6. The minimum atomic E-state index is -0.0635. The number of thiocarbonyl (C=S) groups is 1. The van der Waals surface area contributed by atoms with Crippen molar-refractivity contribution in [3.05, 3.63) is 102 Å². The van der Waals surface area contributed by atoms with Crippen molar-refractivity contribution in [1.82, 2.24) is 14.9 Å². The van der Waals surface area contributed by atoms with Crippen LogP contribution in [0, 0.1) is 13.8 Å². The first kappa shape index (κ1) is 25.4. The number of hydrogen-bond acceptors (Lipinski definition) is 4. The Morgan fingerprint density at radius 1 is 0.897 bits per heavy atom. The second-order valence-corrected chi connectivity index (χ2v) is 10.8. The van der Waals surface area contributed by atoms with Gasteiger partial charge in [0, 0.05) is 29.3 Å². The van der Waals surface area contributed by atoms with Crippen LogP contribution in [0.25, 0.3) is 0 Å². The van der Waals surface area contributed by atoms with Gasteiger partial charge in [0.1, 0.15) is 17.2 Å². The zero-order valence-electron chi connectivity index (χ0n) is 22.6. The highest BCUT2D eigenvalue weighted by Gasteiger charge is 2.42. The molecule has 7 heteroatoms. The van der Waals surface area contributed by atoms with E-state index in [2.05, 4.69) is 52.9 Å². The Morgan fingerprint density at radius 2 is 1.56 bits per heavy atom. The molecule has 1 N–H and O–H groups in total. The second kappa shape index (κ2) is 10.7. The Bertz CT molecular complexity index is 1440. The maximum absolute atomic E-state index is 6.08. The van der Waals surface area contributed by atoms with Gasteiger partial charge in [-0.25, -0.2) is 0 Å². The number of anilines is 1. The number of aromatic nitrogens is 2. The molecule has 2 aromatic carbocycles. The first-order chi connectivity index (χ1) is 19.0. The lowest BCUT2D eigenvalue weighted by atomic mass is 9.96. The van der Waals surface area contributed by atoms with E-state index in [9.17, 15) is 0 Å². The van der Waals surface area contributed by atoms with E-state index in [0.717, 1.165) is 28.6 Å². The van der Waals surface area contributed by atoms with E-state index in [-0.39, 0.29) is 12.1 Å². The van der Waals surface area contributed by atoms with Crippen LogP contribution >= 0.6 is 12.2 Å². The SMILES string of the molecule is COc1ccc(Oc2ccc(N3C(=S)N[C@H](c4ccccn4)[C@H]3c3cc(C)n(C4CCCC4)c3C)cc2)cc1. The van der Waals surface area contributed by atoms with Crippen LogP contribution in [0.1, 0.15) is 66.5 Å². The summed E-state index contributed by atoms with van der Waals surface area (Å²) in [5, 5.41) is 4.30. The van der Waals surface area contributed by atoms with Crippen molar-refractivity contribution < 1.29 is 9.47 Å². The highest BCUT2D eigenvalue weighted by Crippen LogP contribution is 2.45. The summed E-state index contributed by atoms with van der Waals surface area (Å²) in [7, 11) is 1.66. The summed E-state index contributed by atoms with van der Waals surface area (Å²) in [5.41, 5.74) is 5.93. The number of hydrogen-bond donors (Lipinski definition) is 1. The summed E-state index contributed by atoms with van der Waals surface area (Å²) in [6.07, 6.45) is 6.97. The van der Waals surface area contributed by atoms with E-state index in [1.54, 1.807) is 7.11 Å². The Balaban J connectivity index is 1.35. The Labute approximate surface area is 235 Å². The smallest absolute Gasteiger partial charge is 0.174 e. The lowest BCUT2D eigenvalue weighted by Crippen LogP contribution is -2.29. The number of methoxy groups -OCH3 is 1. The lowest BCUT2D eigenvalue weighted by molar-refractivity contribution is 0.413. The van der Waals surface area contributed by atoms with Crippen molar-refractivity contribution in [2.24, 2.45) is 0 Å². The van der Waals surface area contributed by atoms with Gasteiger partial charge in [0.05, 0.1) is 24.9 Å². The van der Waals surface area contributed by atoms with E-state index in [0.29, 0.717) is 11.2 Å². The van der Waals surface area contributed by atoms with Gasteiger partial charge in [-0.15, -0.1) is 0 Å². The van der Waals surface area contributed by atoms with Gasteiger partial charge in [-0.3, -0.25) is 4.98 Å². The third-order valence-corrected chi connectivity index (χ3v) is 8.35. The molecule has 6 rings (SSSR count). The summed E-state index contributed by atoms with van der Waals surface area (Å²) in [4.78, 5) is 6.97. The van der Waals surface area contributed by atoms with Crippen molar-refractivity contribution in [1.29, 1.82) is 0 Å². The average Bonchev–Trinajstić information content (AvgIpc) is 3.68. The quantitative estimate of drug-likeness (QED) is 0.245. The molecule has 0 radical (unpaired) electrons. The monoisotopic (exact) mass is 538 g/mol. The molecule has 2 aliphatic rings. The number of aryl methyl sites for hydroxylation is 1. The molecule has 3 heterocycles. The maximum atomic E-state index is 6.08. The molecule has 2 fully saturated rings. The van der Waals surface area contributed by atoms with Crippen LogP contribution in [0.5, 0.6) is 17.2 Å². The van der Waals surface area contributed by atoms with Gasteiger partial charge in [-0.1, -0.05) is 18.9 Å². The van der Waals surface area contributed by atoms with Crippen LogP contribution in [-0.4, -0.2) is 21.8 Å². The number of nitrogens with one attached hydrogen (secondary N) is 1. The minimum Gasteiger partial charge on any atom is -0.497 e. The molecule has 6 nitrogen and oxygen atoms in total. The van der Waals surface area contributed by atoms with Gasteiger partial charge >= 0.3 is 0 Å². The van der Waals surface area contributed by atoms with Crippen molar-refractivity contribution >= 4 is 23.0 Å².